The third-order valence-corrected chi connectivity index (χ3v) is 5.22. The zero-order chi connectivity index (χ0) is 19.2. The summed E-state index contributed by atoms with van der Waals surface area (Å²) in [6, 6.07) is 13.0. The Morgan fingerprint density at radius 2 is 1.48 bits per heavy atom. The summed E-state index contributed by atoms with van der Waals surface area (Å²) < 4.78 is 10.9. The number of benzene rings is 2. The fourth-order valence-corrected chi connectivity index (χ4v) is 3.78. The normalized spacial score (nSPS) is 19.5. The summed E-state index contributed by atoms with van der Waals surface area (Å²) in [6.07, 6.45) is 0. The summed E-state index contributed by atoms with van der Waals surface area (Å²) in [7, 11) is 3.32. The first-order valence-electron chi connectivity index (χ1n) is 9.21. The van der Waals surface area contributed by atoms with Gasteiger partial charge in [-0.15, -0.1) is 0 Å². The summed E-state index contributed by atoms with van der Waals surface area (Å²) in [5.74, 6) is 1.57. The molecule has 2 aromatic rings. The fraction of sp³-hybridized carbons (Fsp3) is 0.400. The van der Waals surface area contributed by atoms with Gasteiger partial charge in [0.25, 0.3) is 5.69 Å². The highest BCUT2D eigenvalue weighted by Crippen LogP contribution is 2.30. The molecule has 0 saturated carbocycles. The van der Waals surface area contributed by atoms with Gasteiger partial charge in [-0.05, 0) is 18.2 Å². The maximum absolute atomic E-state index is 11.2. The largest absolute Gasteiger partial charge is 0.493 e. The van der Waals surface area contributed by atoms with E-state index in [-0.39, 0.29) is 10.6 Å². The number of nitro groups is 1. The molecule has 7 nitrogen and oxygen atoms in total. The Morgan fingerprint density at radius 3 is 2.07 bits per heavy atom. The minimum absolute atomic E-state index is 0.223. The van der Waals surface area contributed by atoms with Gasteiger partial charge in [0.2, 0.25) is 0 Å². The Balaban J connectivity index is 1.59. The van der Waals surface area contributed by atoms with Crippen molar-refractivity contribution in [1.82, 2.24) is 0 Å². The predicted molar refractivity (Wildman–Crippen MR) is 101 cm³/mol. The number of nitro benzene ring substituents is 1. The van der Waals surface area contributed by atoms with Crippen LogP contribution in [0.5, 0.6) is 11.5 Å². The second-order valence-corrected chi connectivity index (χ2v) is 6.89. The van der Waals surface area contributed by atoms with E-state index in [9.17, 15) is 10.1 Å². The van der Waals surface area contributed by atoms with Gasteiger partial charge in [-0.3, -0.25) is 10.1 Å². The van der Waals surface area contributed by atoms with Crippen LogP contribution in [0.1, 0.15) is 11.1 Å². The topological polar surface area (TPSA) is 70.5 Å². The van der Waals surface area contributed by atoms with E-state index >= 15 is 0 Å². The number of nitrogens with one attached hydrogen (secondary N) is 2. The third-order valence-electron chi connectivity index (χ3n) is 5.22. The van der Waals surface area contributed by atoms with E-state index in [1.165, 1.54) is 9.80 Å². The average Bonchev–Trinajstić information content (AvgIpc) is 2.69. The number of nitrogens with zero attached hydrogens (tertiary/aromatic N) is 1. The van der Waals surface area contributed by atoms with Gasteiger partial charge in [0.15, 0.2) is 11.5 Å². The lowest BCUT2D eigenvalue weighted by Gasteiger charge is -2.30. The lowest BCUT2D eigenvalue weighted by molar-refractivity contribution is -1.02. The van der Waals surface area contributed by atoms with Crippen molar-refractivity contribution in [3.63, 3.8) is 0 Å². The molecule has 0 amide bonds. The molecule has 1 aliphatic heterocycles. The maximum atomic E-state index is 11.2. The second-order valence-electron chi connectivity index (χ2n) is 6.89. The zero-order valence-electron chi connectivity index (χ0n) is 15.9. The van der Waals surface area contributed by atoms with Gasteiger partial charge in [-0.2, -0.15) is 0 Å². The standard InChI is InChI=1S/C20H25N3O4/c1-26-19-9-5-7-17(20(19)27-2)15-22-12-10-21(11-13-22)14-16-6-3-4-8-18(16)23(24)25/h3-9H,10-15H2,1-2H3/p+2. The van der Waals surface area contributed by atoms with Crippen molar-refractivity contribution >= 4 is 5.69 Å². The van der Waals surface area contributed by atoms with Crippen LogP contribution in [0.3, 0.4) is 0 Å². The smallest absolute Gasteiger partial charge is 0.278 e. The quantitative estimate of drug-likeness (QED) is 0.533. The number of hydrogen-bond donors (Lipinski definition) is 2. The highest BCUT2D eigenvalue weighted by Gasteiger charge is 2.26. The molecule has 1 fully saturated rings. The Bertz CT molecular complexity index is 789. The monoisotopic (exact) mass is 373 g/mol. The zero-order valence-corrected chi connectivity index (χ0v) is 15.9. The SMILES string of the molecule is COc1cccc(C[NH+]2CC[NH+](Cc3ccccc3[N+](=O)[O-])CC2)c1OC. The van der Waals surface area contributed by atoms with Crippen molar-refractivity contribution in [1.29, 1.82) is 0 Å². The molecule has 0 spiro atoms. The molecule has 144 valence electrons. The molecule has 0 radical (unpaired) electrons. The van der Waals surface area contributed by atoms with Gasteiger partial charge in [-0.1, -0.05) is 18.2 Å². The third kappa shape index (κ3) is 4.56. The number of ether oxygens (including phenoxy) is 2. The molecular formula is C20H27N3O4+2. The van der Waals surface area contributed by atoms with Crippen molar-refractivity contribution in [2.24, 2.45) is 0 Å². The maximum Gasteiger partial charge on any atom is 0.278 e. The van der Waals surface area contributed by atoms with Crippen LogP contribution in [-0.2, 0) is 13.1 Å². The van der Waals surface area contributed by atoms with Crippen molar-refractivity contribution < 1.29 is 24.2 Å². The van der Waals surface area contributed by atoms with E-state index in [0.717, 1.165) is 55.3 Å². The van der Waals surface area contributed by atoms with Gasteiger partial charge in [0.05, 0.1) is 30.3 Å². The Kier molecular flexibility index (Phi) is 6.26. The van der Waals surface area contributed by atoms with Crippen LogP contribution in [0.4, 0.5) is 5.69 Å². The van der Waals surface area contributed by atoms with E-state index in [2.05, 4.69) is 6.07 Å². The molecule has 0 atom stereocenters. The molecule has 2 aromatic carbocycles. The van der Waals surface area contributed by atoms with Crippen LogP contribution in [-0.4, -0.2) is 45.3 Å². The van der Waals surface area contributed by atoms with Gasteiger partial charge in [0.1, 0.15) is 39.3 Å². The lowest BCUT2D eigenvalue weighted by atomic mass is 10.1. The van der Waals surface area contributed by atoms with Crippen LogP contribution in [0.15, 0.2) is 42.5 Å². The van der Waals surface area contributed by atoms with E-state index in [0.29, 0.717) is 6.54 Å². The second kappa shape index (κ2) is 8.83. The molecule has 0 unspecified atom stereocenters. The van der Waals surface area contributed by atoms with E-state index in [1.807, 2.05) is 24.3 Å². The van der Waals surface area contributed by atoms with Crippen molar-refractivity contribution in [2.75, 3.05) is 40.4 Å². The minimum Gasteiger partial charge on any atom is -0.493 e. The van der Waals surface area contributed by atoms with Gasteiger partial charge in [-0.25, -0.2) is 0 Å². The Morgan fingerprint density at radius 1 is 0.889 bits per heavy atom. The summed E-state index contributed by atoms with van der Waals surface area (Å²) in [4.78, 5) is 13.8. The van der Waals surface area contributed by atoms with Crippen molar-refractivity contribution in [2.45, 2.75) is 13.1 Å². The highest BCUT2D eigenvalue weighted by molar-refractivity contribution is 5.46. The Hall–Kier alpha value is -2.64. The molecule has 0 bridgehead atoms. The number of methoxy groups -OCH3 is 2. The average molecular weight is 373 g/mol. The predicted octanol–water partition coefficient (Wildman–Crippen LogP) is 0.0956. The molecule has 27 heavy (non-hydrogen) atoms. The number of hydrogen-bond acceptors (Lipinski definition) is 4. The fourth-order valence-electron chi connectivity index (χ4n) is 3.78. The first-order valence-corrected chi connectivity index (χ1v) is 9.21. The van der Waals surface area contributed by atoms with Crippen molar-refractivity contribution in [3.05, 3.63) is 63.7 Å². The van der Waals surface area contributed by atoms with E-state index in [1.54, 1.807) is 26.4 Å². The van der Waals surface area contributed by atoms with Gasteiger partial charge >= 0.3 is 0 Å². The summed E-state index contributed by atoms with van der Waals surface area (Å²) >= 11 is 0. The number of piperazine rings is 1. The molecule has 0 aromatic heterocycles. The number of quaternary nitrogens is 2. The van der Waals surface area contributed by atoms with Crippen LogP contribution in [0.25, 0.3) is 0 Å². The summed E-state index contributed by atoms with van der Waals surface area (Å²) in [5, 5.41) is 11.2. The molecule has 0 aliphatic carbocycles. The number of rotatable bonds is 7. The van der Waals surface area contributed by atoms with Gasteiger partial charge in [0, 0.05) is 6.07 Å². The molecule has 1 heterocycles. The number of para-hydroxylation sites is 2. The van der Waals surface area contributed by atoms with Crippen LogP contribution in [0, 0.1) is 10.1 Å². The highest BCUT2D eigenvalue weighted by atomic mass is 16.6. The first-order chi connectivity index (χ1) is 13.1. The molecule has 1 saturated heterocycles. The molecule has 2 N–H and O–H groups in total. The summed E-state index contributed by atoms with van der Waals surface area (Å²) in [5.41, 5.74) is 2.19. The van der Waals surface area contributed by atoms with Crippen LogP contribution >= 0.6 is 0 Å². The molecule has 7 heteroatoms. The van der Waals surface area contributed by atoms with Gasteiger partial charge < -0.3 is 19.3 Å². The van der Waals surface area contributed by atoms with Crippen LogP contribution < -0.4 is 19.3 Å². The summed E-state index contributed by atoms with van der Waals surface area (Å²) in [6.45, 7) is 5.63. The molecule has 1 aliphatic rings. The minimum atomic E-state index is -0.286. The Labute approximate surface area is 159 Å². The van der Waals surface area contributed by atoms with Crippen molar-refractivity contribution in [3.8, 4) is 11.5 Å². The molecule has 3 rings (SSSR count). The first kappa shape index (κ1) is 19.1. The lowest BCUT2D eigenvalue weighted by Crippen LogP contribution is -3.27. The van der Waals surface area contributed by atoms with E-state index < -0.39 is 0 Å². The molecular weight excluding hydrogens is 346 g/mol. The van der Waals surface area contributed by atoms with E-state index in [4.69, 9.17) is 9.47 Å². The van der Waals surface area contributed by atoms with Crippen LogP contribution in [0.2, 0.25) is 0 Å².